The van der Waals surface area contributed by atoms with Crippen molar-refractivity contribution < 1.29 is 22.6 Å². The molecule has 0 unspecified atom stereocenters. The quantitative estimate of drug-likeness (QED) is 0.224. The van der Waals surface area contributed by atoms with E-state index in [1.54, 1.807) is 12.1 Å². The third kappa shape index (κ3) is 11.1. The van der Waals surface area contributed by atoms with Gasteiger partial charge in [0.1, 0.15) is 6.61 Å². The molecular weight excluding hydrogens is 534 g/mol. The first-order valence-electron chi connectivity index (χ1n) is 10.3. The Morgan fingerprint density at radius 3 is 2.16 bits per heavy atom. The van der Waals surface area contributed by atoms with E-state index in [4.69, 9.17) is 4.74 Å². The van der Waals surface area contributed by atoms with E-state index in [9.17, 15) is 13.2 Å². The van der Waals surface area contributed by atoms with Crippen LogP contribution in [0, 0.1) is 0 Å². The largest absolute Gasteiger partial charge is 0.411 e. The van der Waals surface area contributed by atoms with Crippen LogP contribution in [0.15, 0.2) is 53.5 Å². The van der Waals surface area contributed by atoms with Crippen LogP contribution in [0.25, 0.3) is 0 Å². The van der Waals surface area contributed by atoms with Crippen molar-refractivity contribution in [3.8, 4) is 0 Å². The van der Waals surface area contributed by atoms with Gasteiger partial charge < -0.3 is 20.1 Å². The summed E-state index contributed by atoms with van der Waals surface area (Å²) < 4.78 is 46.7. The van der Waals surface area contributed by atoms with E-state index in [1.807, 2.05) is 38.1 Å². The minimum Gasteiger partial charge on any atom is -0.377 e. The number of benzene rings is 2. The number of rotatable bonds is 11. The molecule has 0 aliphatic rings. The van der Waals surface area contributed by atoms with Gasteiger partial charge in [-0.2, -0.15) is 13.2 Å². The summed E-state index contributed by atoms with van der Waals surface area (Å²) in [6, 6.07) is 15.3. The zero-order chi connectivity index (χ0) is 22.5. The van der Waals surface area contributed by atoms with Gasteiger partial charge in [-0.05, 0) is 36.1 Å². The number of nitrogens with one attached hydrogen (secondary N) is 2. The van der Waals surface area contributed by atoms with Gasteiger partial charge in [-0.15, -0.1) is 24.0 Å². The summed E-state index contributed by atoms with van der Waals surface area (Å²) in [6.45, 7) is 5.67. The average Bonchev–Trinajstić information content (AvgIpc) is 2.75. The lowest BCUT2D eigenvalue weighted by molar-refractivity contribution is -0.176. The Balaban J connectivity index is 0.00000512. The molecule has 5 nitrogen and oxygen atoms in total. The van der Waals surface area contributed by atoms with Gasteiger partial charge in [0.15, 0.2) is 5.96 Å². The maximum absolute atomic E-state index is 12.2. The van der Waals surface area contributed by atoms with Crippen molar-refractivity contribution in [2.24, 2.45) is 4.99 Å². The maximum Gasteiger partial charge on any atom is 0.411 e. The van der Waals surface area contributed by atoms with Gasteiger partial charge >= 0.3 is 6.18 Å². The summed E-state index contributed by atoms with van der Waals surface area (Å²) in [5, 5.41) is 6.55. The first kappa shape index (κ1) is 28.2. The number of alkyl halides is 3. The van der Waals surface area contributed by atoms with Crippen LogP contribution in [-0.4, -0.2) is 31.9 Å². The molecule has 2 aromatic carbocycles. The second-order valence-electron chi connectivity index (χ2n) is 6.88. The number of guanidine groups is 1. The Morgan fingerprint density at radius 2 is 1.53 bits per heavy atom. The van der Waals surface area contributed by atoms with Crippen LogP contribution in [0.5, 0.6) is 0 Å². The van der Waals surface area contributed by atoms with E-state index >= 15 is 0 Å². The maximum atomic E-state index is 12.2. The fourth-order valence-electron chi connectivity index (χ4n) is 2.80. The Kier molecular flexibility index (Phi) is 13.3. The molecule has 178 valence electrons. The molecule has 0 aliphatic carbocycles. The van der Waals surface area contributed by atoms with E-state index in [0.717, 1.165) is 23.2 Å². The normalized spacial score (nSPS) is 11.7. The predicted molar refractivity (Wildman–Crippen MR) is 131 cm³/mol. The number of ether oxygens (including phenoxy) is 2. The minimum atomic E-state index is -4.31. The summed E-state index contributed by atoms with van der Waals surface area (Å²) in [7, 11) is 0. The van der Waals surface area contributed by atoms with Crippen LogP contribution in [0.3, 0.4) is 0 Å². The zero-order valence-electron chi connectivity index (χ0n) is 18.4. The van der Waals surface area contributed by atoms with Crippen LogP contribution in [0.4, 0.5) is 13.2 Å². The first-order chi connectivity index (χ1) is 14.9. The average molecular weight is 565 g/mol. The SMILES string of the molecule is CCNC(=NCc1ccc(COCC(F)(F)F)cc1)NCc1ccccc1COCC.I. The van der Waals surface area contributed by atoms with Crippen LogP contribution in [0.2, 0.25) is 0 Å². The summed E-state index contributed by atoms with van der Waals surface area (Å²) in [5.41, 5.74) is 3.92. The fraction of sp³-hybridized carbons (Fsp3) is 0.435. The number of aliphatic imine (C=N–C) groups is 1. The molecule has 0 aliphatic heterocycles. The molecule has 0 radical (unpaired) electrons. The molecule has 2 aromatic rings. The van der Waals surface area contributed by atoms with Crippen molar-refractivity contribution in [2.75, 3.05) is 19.8 Å². The van der Waals surface area contributed by atoms with Crippen LogP contribution in [0.1, 0.15) is 36.1 Å². The first-order valence-corrected chi connectivity index (χ1v) is 10.3. The third-order valence-corrected chi connectivity index (χ3v) is 4.35. The molecule has 0 aromatic heterocycles. The lowest BCUT2D eigenvalue weighted by Gasteiger charge is -2.14. The molecule has 0 heterocycles. The standard InChI is InChI=1S/C23H30F3N3O2.HI/c1-3-27-22(29-14-20-7-5-6-8-21(20)16-30-4-2)28-13-18-9-11-19(12-10-18)15-31-17-23(24,25)26;/h5-12H,3-4,13-17H2,1-2H3,(H2,27,28,29);1H. The van der Waals surface area contributed by atoms with Gasteiger partial charge in [0.2, 0.25) is 0 Å². The zero-order valence-corrected chi connectivity index (χ0v) is 20.7. The Labute approximate surface area is 204 Å². The van der Waals surface area contributed by atoms with Crippen LogP contribution >= 0.6 is 24.0 Å². The Bertz CT molecular complexity index is 815. The highest BCUT2D eigenvalue weighted by Gasteiger charge is 2.27. The number of hydrogen-bond acceptors (Lipinski definition) is 3. The molecule has 2 rings (SSSR count). The lowest BCUT2D eigenvalue weighted by atomic mass is 10.1. The fourth-order valence-corrected chi connectivity index (χ4v) is 2.80. The van der Waals surface area contributed by atoms with Crippen molar-refractivity contribution >= 4 is 29.9 Å². The highest BCUT2D eigenvalue weighted by atomic mass is 127. The topological polar surface area (TPSA) is 54.9 Å². The van der Waals surface area contributed by atoms with Gasteiger partial charge in [-0.1, -0.05) is 48.5 Å². The lowest BCUT2D eigenvalue weighted by Crippen LogP contribution is -2.37. The monoisotopic (exact) mass is 565 g/mol. The number of halogens is 4. The minimum absolute atomic E-state index is 0. The van der Waals surface area contributed by atoms with Crippen LogP contribution in [-0.2, 0) is 35.8 Å². The molecule has 0 atom stereocenters. The molecule has 0 spiro atoms. The summed E-state index contributed by atoms with van der Waals surface area (Å²) >= 11 is 0. The van der Waals surface area contributed by atoms with E-state index in [0.29, 0.717) is 37.8 Å². The van der Waals surface area contributed by atoms with Crippen LogP contribution < -0.4 is 10.6 Å². The second kappa shape index (κ2) is 15.1. The molecule has 32 heavy (non-hydrogen) atoms. The van der Waals surface area contributed by atoms with Gasteiger partial charge in [-0.3, -0.25) is 0 Å². The summed E-state index contributed by atoms with van der Waals surface area (Å²) in [4.78, 5) is 4.60. The molecule has 9 heteroatoms. The highest BCUT2D eigenvalue weighted by molar-refractivity contribution is 14.0. The van der Waals surface area contributed by atoms with Crippen molar-refractivity contribution in [3.05, 3.63) is 70.8 Å². The predicted octanol–water partition coefficient (Wildman–Crippen LogP) is 5.18. The van der Waals surface area contributed by atoms with Gasteiger partial charge in [0, 0.05) is 19.7 Å². The van der Waals surface area contributed by atoms with Gasteiger partial charge in [0.05, 0.1) is 19.8 Å². The highest BCUT2D eigenvalue weighted by Crippen LogP contribution is 2.16. The van der Waals surface area contributed by atoms with Crippen molar-refractivity contribution in [1.82, 2.24) is 10.6 Å². The van der Waals surface area contributed by atoms with Gasteiger partial charge in [-0.25, -0.2) is 4.99 Å². The molecule has 0 saturated carbocycles. The van der Waals surface area contributed by atoms with E-state index in [1.165, 1.54) is 0 Å². The molecule has 0 amide bonds. The van der Waals surface area contributed by atoms with Gasteiger partial charge in [0.25, 0.3) is 0 Å². The summed E-state index contributed by atoms with van der Waals surface area (Å²) in [5.74, 6) is 0.686. The molecule has 0 fully saturated rings. The molecule has 0 bridgehead atoms. The Morgan fingerprint density at radius 1 is 0.875 bits per heavy atom. The summed E-state index contributed by atoms with van der Waals surface area (Å²) in [6.07, 6.45) is -4.31. The second-order valence-corrected chi connectivity index (χ2v) is 6.88. The van der Waals surface area contributed by atoms with Crippen molar-refractivity contribution in [1.29, 1.82) is 0 Å². The van der Waals surface area contributed by atoms with Crippen molar-refractivity contribution in [2.45, 2.75) is 46.3 Å². The molecule has 0 saturated heterocycles. The third-order valence-electron chi connectivity index (χ3n) is 4.35. The van der Waals surface area contributed by atoms with Crippen molar-refractivity contribution in [3.63, 3.8) is 0 Å². The smallest absolute Gasteiger partial charge is 0.377 e. The van der Waals surface area contributed by atoms with E-state index < -0.39 is 12.8 Å². The number of nitrogens with zero attached hydrogens (tertiary/aromatic N) is 1. The number of hydrogen-bond donors (Lipinski definition) is 2. The molecule has 2 N–H and O–H groups in total. The van der Waals surface area contributed by atoms with E-state index in [-0.39, 0.29) is 30.6 Å². The van der Waals surface area contributed by atoms with E-state index in [2.05, 4.69) is 32.5 Å². The Hall–Kier alpha value is -1.85. The molecular formula is C23H31F3IN3O2.